The average molecular weight is 595 g/mol. The van der Waals surface area contributed by atoms with Crippen molar-refractivity contribution < 1.29 is 37.8 Å². The van der Waals surface area contributed by atoms with Crippen molar-refractivity contribution in [3.8, 4) is 0 Å². The number of carbonyl (C=O) groups is 2. The lowest BCUT2D eigenvalue weighted by Crippen LogP contribution is -2.62. The summed E-state index contributed by atoms with van der Waals surface area (Å²) in [5.74, 6) is -4.03. The van der Waals surface area contributed by atoms with Crippen molar-refractivity contribution >= 4 is 27.7 Å². The van der Waals surface area contributed by atoms with Crippen molar-refractivity contribution in [3.05, 3.63) is 54.4 Å². The zero-order valence-corrected chi connectivity index (χ0v) is 22.3. The van der Waals surface area contributed by atoms with E-state index in [0.717, 1.165) is 23.5 Å². The summed E-state index contributed by atoms with van der Waals surface area (Å²) < 4.78 is 94.8. The number of amides is 2. The molecule has 0 radical (unpaired) electrons. The fraction of sp³-hybridized carbons (Fsp3) is 0.500. The fourth-order valence-electron chi connectivity index (χ4n) is 5.73. The summed E-state index contributed by atoms with van der Waals surface area (Å²) in [7, 11) is -10.0. The molecule has 2 saturated carbocycles. The summed E-state index contributed by atoms with van der Waals surface area (Å²) >= 11 is 0. The second-order valence-electron chi connectivity index (χ2n) is 11.1. The van der Waals surface area contributed by atoms with Crippen LogP contribution in [0.15, 0.2) is 53.7 Å². The van der Waals surface area contributed by atoms with Crippen molar-refractivity contribution in [1.29, 1.82) is 0 Å². The zero-order chi connectivity index (χ0) is 29.2. The molecule has 0 spiro atoms. The molecule has 220 valence electrons. The van der Waals surface area contributed by atoms with Gasteiger partial charge in [-0.2, -0.15) is 0 Å². The largest absolute Gasteiger partial charge is 0.351 e. The number of alkyl halides is 2. The predicted molar refractivity (Wildman–Crippen MR) is 136 cm³/mol. The lowest BCUT2D eigenvalue weighted by Gasteiger charge is -2.43. The van der Waals surface area contributed by atoms with E-state index in [1.807, 2.05) is 0 Å². The van der Waals surface area contributed by atoms with Gasteiger partial charge in [0.25, 0.3) is 5.91 Å². The molecule has 1 unspecified atom stereocenters. The number of carbonyl (C=O) groups excluding carboxylic acids is 2. The highest BCUT2D eigenvalue weighted by atomic mass is 32.5. The number of rotatable bonds is 7. The van der Waals surface area contributed by atoms with Gasteiger partial charge < -0.3 is 10.6 Å². The number of hydrogen-bond donors (Lipinski definition) is 2. The number of aromatic nitrogens is 1. The van der Waals surface area contributed by atoms with Crippen molar-refractivity contribution in [2.75, 3.05) is 11.4 Å². The molecular formula is C26H29F7N4O2S. The maximum atomic E-state index is 14.1. The van der Waals surface area contributed by atoms with Crippen LogP contribution in [-0.4, -0.2) is 41.3 Å². The van der Waals surface area contributed by atoms with E-state index >= 15 is 0 Å². The molecule has 2 aliphatic carbocycles. The Kier molecular flexibility index (Phi) is 6.31. The second kappa shape index (κ2) is 8.81. The zero-order valence-electron chi connectivity index (χ0n) is 21.4. The molecule has 1 aromatic carbocycles. The average Bonchev–Trinajstić information content (AvgIpc) is 3.53. The SMILES string of the molecule is CC(C(=O)NC1CCC(F)(F)CC1)(c1cccnc1)N(C(=O)[C@@H]1NC[C@H]2C[C@H]21)c1ccc(S(F)(F)(F)(F)F)cc1. The first-order valence-electron chi connectivity index (χ1n) is 12.9. The highest BCUT2D eigenvalue weighted by Gasteiger charge is 2.65. The number of nitrogens with zero attached hydrogens (tertiary/aromatic N) is 2. The van der Waals surface area contributed by atoms with E-state index in [1.54, 1.807) is 0 Å². The van der Waals surface area contributed by atoms with E-state index in [4.69, 9.17) is 0 Å². The summed E-state index contributed by atoms with van der Waals surface area (Å²) in [6.45, 7) is 1.93. The van der Waals surface area contributed by atoms with E-state index in [2.05, 4.69) is 15.6 Å². The van der Waals surface area contributed by atoms with Crippen molar-refractivity contribution in [3.63, 3.8) is 0 Å². The molecule has 1 saturated heterocycles. The van der Waals surface area contributed by atoms with Gasteiger partial charge in [0, 0.05) is 42.5 Å². The number of fused-ring (bicyclic) bond motifs is 1. The van der Waals surface area contributed by atoms with Crippen LogP contribution >= 0.6 is 10.2 Å². The molecule has 2 amide bonds. The number of anilines is 1. The Bertz CT molecular complexity index is 1300. The normalized spacial score (nSPS) is 27.4. The first-order valence-corrected chi connectivity index (χ1v) is 14.9. The summed E-state index contributed by atoms with van der Waals surface area (Å²) in [6, 6.07) is 3.51. The molecule has 1 aliphatic heterocycles. The monoisotopic (exact) mass is 594 g/mol. The molecule has 3 aliphatic rings. The van der Waals surface area contributed by atoms with E-state index < -0.39 is 63.3 Å². The van der Waals surface area contributed by atoms with Gasteiger partial charge in [0.1, 0.15) is 4.90 Å². The Labute approximate surface area is 226 Å². The maximum Gasteiger partial charge on any atom is 0.310 e. The number of hydrogen-bond acceptors (Lipinski definition) is 4. The Balaban J connectivity index is 1.58. The van der Waals surface area contributed by atoms with Crippen LogP contribution in [0.25, 0.3) is 0 Å². The fourth-order valence-corrected chi connectivity index (χ4v) is 6.38. The van der Waals surface area contributed by atoms with Gasteiger partial charge in [0.2, 0.25) is 11.8 Å². The van der Waals surface area contributed by atoms with Gasteiger partial charge in [-0.1, -0.05) is 25.5 Å². The van der Waals surface area contributed by atoms with Gasteiger partial charge in [-0.3, -0.25) is 19.5 Å². The van der Waals surface area contributed by atoms with Gasteiger partial charge in [0.05, 0.1) is 6.04 Å². The van der Waals surface area contributed by atoms with Crippen molar-refractivity contribution in [1.82, 2.24) is 15.6 Å². The van der Waals surface area contributed by atoms with Crippen LogP contribution < -0.4 is 15.5 Å². The van der Waals surface area contributed by atoms with E-state index in [-0.39, 0.29) is 48.1 Å². The van der Waals surface area contributed by atoms with Crippen LogP contribution in [0.1, 0.15) is 44.6 Å². The minimum Gasteiger partial charge on any atom is -0.351 e. The third-order valence-corrected chi connectivity index (χ3v) is 9.36. The molecule has 14 heteroatoms. The highest BCUT2D eigenvalue weighted by Crippen LogP contribution is 3.02. The number of pyridine rings is 1. The second-order valence-corrected chi connectivity index (χ2v) is 13.5. The van der Waals surface area contributed by atoms with Crippen LogP contribution in [0.2, 0.25) is 0 Å². The van der Waals surface area contributed by atoms with Crippen molar-refractivity contribution in [2.24, 2.45) is 11.8 Å². The standard InChI is InChI=1S/C26H29F7N4O2S/c1-25(17-3-2-12-34-15-17,24(39)36-18-8-10-26(27,28)11-9-18)37(23(38)22-21-13-16(21)14-35-22)19-4-6-20(7-5-19)40(29,30,31,32)33/h2-7,12,15-16,18,21-22,35H,8-11,13-14H2,1H3,(H,36,39)/t16-,21-,22-,25?/m1/s1. The highest BCUT2D eigenvalue weighted by molar-refractivity contribution is 8.45. The first kappa shape index (κ1) is 28.7. The molecular weight excluding hydrogens is 565 g/mol. The summed E-state index contributed by atoms with van der Waals surface area (Å²) in [5.41, 5.74) is -1.93. The van der Waals surface area contributed by atoms with Crippen LogP contribution in [0.3, 0.4) is 0 Å². The van der Waals surface area contributed by atoms with Crippen molar-refractivity contribution in [2.45, 2.75) is 67.5 Å². The third kappa shape index (κ3) is 5.52. The van der Waals surface area contributed by atoms with Gasteiger partial charge in [0.15, 0.2) is 5.54 Å². The molecule has 6 nitrogen and oxygen atoms in total. The molecule has 3 fully saturated rings. The minimum absolute atomic E-state index is 0.0116. The number of piperidine rings is 1. The Morgan fingerprint density at radius 2 is 1.73 bits per heavy atom. The first-order chi connectivity index (χ1) is 18.4. The van der Waals surface area contributed by atoms with Crippen LogP contribution in [-0.2, 0) is 15.1 Å². The van der Waals surface area contributed by atoms with Gasteiger partial charge in [-0.25, -0.2) is 8.78 Å². The Hall–Kier alpha value is -2.87. The lowest BCUT2D eigenvalue weighted by molar-refractivity contribution is -0.132. The van der Waals surface area contributed by atoms with Crippen LogP contribution in [0, 0.1) is 11.8 Å². The third-order valence-electron chi connectivity index (χ3n) is 8.20. The number of benzene rings is 1. The molecule has 2 N–H and O–H groups in total. The van der Waals surface area contributed by atoms with E-state index in [0.29, 0.717) is 6.54 Å². The Morgan fingerprint density at radius 3 is 2.23 bits per heavy atom. The molecule has 40 heavy (non-hydrogen) atoms. The molecule has 0 bridgehead atoms. The van der Waals surface area contributed by atoms with Gasteiger partial charge >= 0.3 is 10.2 Å². The quantitative estimate of drug-likeness (QED) is 0.370. The van der Waals surface area contributed by atoms with Gasteiger partial charge in [-0.05, 0) is 74.9 Å². The summed E-state index contributed by atoms with van der Waals surface area (Å²) in [6.07, 6.45) is 2.61. The van der Waals surface area contributed by atoms with E-state index in [9.17, 15) is 37.8 Å². The number of nitrogens with one attached hydrogen (secondary N) is 2. The van der Waals surface area contributed by atoms with Crippen LogP contribution in [0.5, 0.6) is 0 Å². The Morgan fingerprint density at radius 1 is 1.07 bits per heavy atom. The molecule has 5 rings (SSSR count). The van der Waals surface area contributed by atoms with E-state index in [1.165, 1.54) is 31.5 Å². The minimum atomic E-state index is -10.0. The summed E-state index contributed by atoms with van der Waals surface area (Å²) in [4.78, 5) is 31.0. The molecule has 4 atom stereocenters. The smallest absolute Gasteiger partial charge is 0.310 e. The molecule has 1 aromatic heterocycles. The molecule has 2 aromatic rings. The topological polar surface area (TPSA) is 74.3 Å². The maximum absolute atomic E-state index is 14.1. The number of halogens is 7. The lowest BCUT2D eigenvalue weighted by atomic mass is 9.86. The molecule has 2 heterocycles. The van der Waals surface area contributed by atoms with Gasteiger partial charge in [-0.15, -0.1) is 0 Å². The predicted octanol–water partition coefficient (Wildman–Crippen LogP) is 6.29. The van der Waals surface area contributed by atoms with Crippen LogP contribution in [0.4, 0.5) is 33.9 Å². The summed E-state index contributed by atoms with van der Waals surface area (Å²) in [5, 5.41) is 5.84.